The van der Waals surface area contributed by atoms with E-state index in [0.29, 0.717) is 11.1 Å². The number of benzene rings is 1. The van der Waals surface area contributed by atoms with Gasteiger partial charge >= 0.3 is 0 Å². The Morgan fingerprint density at radius 2 is 2.11 bits per heavy atom. The molecule has 0 radical (unpaired) electrons. The Labute approximate surface area is 116 Å². The topological polar surface area (TPSA) is 28.7 Å². The number of rotatable bonds is 2. The molecule has 98 valence electrons. The first-order valence-corrected chi connectivity index (χ1v) is 6.98. The van der Waals surface area contributed by atoms with Crippen molar-refractivity contribution in [2.45, 2.75) is 32.1 Å². The van der Waals surface area contributed by atoms with Crippen molar-refractivity contribution in [3.05, 3.63) is 57.4 Å². The number of aromatic nitrogens is 2. The Kier molecular flexibility index (Phi) is 3.42. The molecule has 0 saturated carbocycles. The summed E-state index contributed by atoms with van der Waals surface area (Å²) in [5.74, 6) is 0.616. The van der Waals surface area contributed by atoms with Gasteiger partial charge in [0.05, 0.1) is 0 Å². The lowest BCUT2D eigenvalue weighted by atomic mass is 9.97. The van der Waals surface area contributed by atoms with Gasteiger partial charge in [0.2, 0.25) is 0 Å². The van der Waals surface area contributed by atoms with Crippen molar-refractivity contribution in [1.29, 1.82) is 0 Å². The van der Waals surface area contributed by atoms with Crippen LogP contribution < -0.4 is 0 Å². The predicted octanol–water partition coefficient (Wildman–Crippen LogP) is 3.75. The largest absolute Gasteiger partial charge is 0.347 e. The Balaban J connectivity index is 1.94. The first kappa shape index (κ1) is 12.5. The van der Waals surface area contributed by atoms with Gasteiger partial charge in [0.25, 0.3) is 0 Å². The third-order valence-electron chi connectivity index (χ3n) is 3.52. The van der Waals surface area contributed by atoms with Gasteiger partial charge in [-0.25, -0.2) is 9.37 Å². The average Bonchev–Trinajstić information content (AvgIpc) is 2.39. The number of aromatic amines is 1. The fourth-order valence-corrected chi connectivity index (χ4v) is 2.93. The summed E-state index contributed by atoms with van der Waals surface area (Å²) in [6.07, 6.45) is 5.04. The summed E-state index contributed by atoms with van der Waals surface area (Å²) in [7, 11) is 0. The third kappa shape index (κ3) is 2.73. The Morgan fingerprint density at radius 1 is 1.26 bits per heavy atom. The highest BCUT2D eigenvalue weighted by molar-refractivity contribution is 7.71. The standard InChI is InChI=1S/C15H15FN2S/c16-11-5-3-4-10(8-11)9-14-17-13-7-2-1-6-12(13)15(19)18-14/h3-5,8H,1-2,6-7,9H2,(H,17,18,19). The number of halogens is 1. The minimum atomic E-state index is -0.214. The molecule has 0 amide bonds. The highest BCUT2D eigenvalue weighted by atomic mass is 32.1. The predicted molar refractivity (Wildman–Crippen MR) is 75.3 cm³/mol. The van der Waals surface area contributed by atoms with E-state index < -0.39 is 0 Å². The van der Waals surface area contributed by atoms with Crippen molar-refractivity contribution >= 4 is 12.2 Å². The second kappa shape index (κ2) is 5.21. The Hall–Kier alpha value is -1.55. The van der Waals surface area contributed by atoms with Crippen LogP contribution in [-0.4, -0.2) is 9.97 Å². The smallest absolute Gasteiger partial charge is 0.133 e. The SMILES string of the molecule is Fc1cccc(Cc2nc(=S)c3c([nH]2)CCCC3)c1. The van der Waals surface area contributed by atoms with E-state index in [4.69, 9.17) is 12.2 Å². The summed E-state index contributed by atoms with van der Waals surface area (Å²) >= 11 is 5.36. The van der Waals surface area contributed by atoms with Crippen molar-refractivity contribution < 1.29 is 4.39 Å². The number of nitrogens with one attached hydrogen (secondary N) is 1. The minimum absolute atomic E-state index is 0.214. The van der Waals surface area contributed by atoms with Crippen LogP contribution in [-0.2, 0) is 19.3 Å². The number of H-pyrrole nitrogens is 1. The highest BCUT2D eigenvalue weighted by Crippen LogP contribution is 2.20. The van der Waals surface area contributed by atoms with Gasteiger partial charge < -0.3 is 4.98 Å². The molecule has 3 rings (SSSR count). The van der Waals surface area contributed by atoms with Gasteiger partial charge in [-0.2, -0.15) is 0 Å². The molecule has 0 fully saturated rings. The van der Waals surface area contributed by atoms with Gasteiger partial charge in [0.1, 0.15) is 16.3 Å². The number of fused-ring (bicyclic) bond motifs is 1. The van der Waals surface area contributed by atoms with Crippen LogP contribution in [0.25, 0.3) is 0 Å². The second-order valence-corrected chi connectivity index (χ2v) is 5.35. The zero-order valence-electron chi connectivity index (χ0n) is 10.6. The van der Waals surface area contributed by atoms with E-state index in [2.05, 4.69) is 9.97 Å². The van der Waals surface area contributed by atoms with E-state index >= 15 is 0 Å². The monoisotopic (exact) mass is 274 g/mol. The summed E-state index contributed by atoms with van der Waals surface area (Å²) in [6.45, 7) is 0. The van der Waals surface area contributed by atoms with Crippen molar-refractivity contribution in [3.63, 3.8) is 0 Å². The molecule has 0 atom stereocenters. The zero-order chi connectivity index (χ0) is 13.2. The number of nitrogens with zero attached hydrogens (tertiary/aromatic N) is 1. The molecule has 4 heteroatoms. The number of hydrogen-bond acceptors (Lipinski definition) is 2. The van der Waals surface area contributed by atoms with Gasteiger partial charge in [0, 0.05) is 17.7 Å². The quantitative estimate of drug-likeness (QED) is 0.845. The molecular weight excluding hydrogens is 259 g/mol. The summed E-state index contributed by atoms with van der Waals surface area (Å²) in [6, 6.07) is 6.61. The van der Waals surface area contributed by atoms with Crippen LogP contribution in [0.15, 0.2) is 24.3 Å². The van der Waals surface area contributed by atoms with Crippen LogP contribution in [0.2, 0.25) is 0 Å². The number of hydrogen-bond donors (Lipinski definition) is 1. The molecule has 1 heterocycles. The molecule has 0 bridgehead atoms. The molecule has 1 aromatic heterocycles. The molecule has 0 saturated heterocycles. The molecule has 1 aliphatic rings. The molecule has 2 nitrogen and oxygen atoms in total. The van der Waals surface area contributed by atoms with Crippen molar-refractivity contribution in [2.75, 3.05) is 0 Å². The van der Waals surface area contributed by atoms with Crippen LogP contribution in [0, 0.1) is 10.5 Å². The van der Waals surface area contributed by atoms with Gasteiger partial charge in [-0.05, 0) is 43.4 Å². The van der Waals surface area contributed by atoms with Crippen LogP contribution in [0.4, 0.5) is 4.39 Å². The highest BCUT2D eigenvalue weighted by Gasteiger charge is 2.13. The number of aryl methyl sites for hydroxylation is 1. The van der Waals surface area contributed by atoms with Gasteiger partial charge in [-0.1, -0.05) is 24.4 Å². The van der Waals surface area contributed by atoms with Crippen molar-refractivity contribution in [1.82, 2.24) is 9.97 Å². The molecule has 1 aliphatic carbocycles. The molecule has 2 aromatic rings. The lowest BCUT2D eigenvalue weighted by Crippen LogP contribution is -2.10. The maximum atomic E-state index is 13.2. The summed E-state index contributed by atoms with van der Waals surface area (Å²) < 4.78 is 13.9. The first-order valence-electron chi connectivity index (χ1n) is 6.58. The minimum Gasteiger partial charge on any atom is -0.347 e. The molecule has 1 aromatic carbocycles. The molecule has 0 unspecified atom stereocenters. The van der Waals surface area contributed by atoms with Crippen LogP contribution in [0.3, 0.4) is 0 Å². The summed E-state index contributed by atoms with van der Waals surface area (Å²) in [4.78, 5) is 7.82. The van der Waals surface area contributed by atoms with Crippen molar-refractivity contribution in [2.24, 2.45) is 0 Å². The fourth-order valence-electron chi connectivity index (χ4n) is 2.60. The molecule has 19 heavy (non-hydrogen) atoms. The molecule has 0 spiro atoms. The van der Waals surface area contributed by atoms with Gasteiger partial charge in [0.15, 0.2) is 0 Å². The molecular formula is C15H15FN2S. The Morgan fingerprint density at radius 3 is 2.95 bits per heavy atom. The van der Waals surface area contributed by atoms with E-state index in [-0.39, 0.29) is 5.82 Å². The third-order valence-corrected chi connectivity index (χ3v) is 3.86. The van der Waals surface area contributed by atoms with E-state index in [0.717, 1.165) is 24.2 Å². The average molecular weight is 274 g/mol. The van der Waals surface area contributed by atoms with Crippen molar-refractivity contribution in [3.8, 4) is 0 Å². The second-order valence-electron chi connectivity index (χ2n) is 4.96. The Bertz CT molecular complexity index is 663. The summed E-state index contributed by atoms with van der Waals surface area (Å²) in [5, 5.41) is 0. The van der Waals surface area contributed by atoms with E-state index in [1.807, 2.05) is 6.07 Å². The van der Waals surface area contributed by atoms with Gasteiger partial charge in [-0.3, -0.25) is 0 Å². The lowest BCUT2D eigenvalue weighted by molar-refractivity contribution is 0.625. The molecule has 0 aliphatic heterocycles. The zero-order valence-corrected chi connectivity index (χ0v) is 11.4. The maximum Gasteiger partial charge on any atom is 0.133 e. The maximum absolute atomic E-state index is 13.2. The molecule has 1 N–H and O–H groups in total. The van der Waals surface area contributed by atoms with Gasteiger partial charge in [-0.15, -0.1) is 0 Å². The normalized spacial score (nSPS) is 14.2. The van der Waals surface area contributed by atoms with E-state index in [1.54, 1.807) is 6.07 Å². The first-order chi connectivity index (χ1) is 9.22. The van der Waals surface area contributed by atoms with Crippen LogP contribution in [0.1, 0.15) is 35.5 Å². The lowest BCUT2D eigenvalue weighted by Gasteiger charge is -2.16. The summed E-state index contributed by atoms with van der Waals surface area (Å²) in [5.41, 5.74) is 3.33. The van der Waals surface area contributed by atoms with E-state index in [9.17, 15) is 4.39 Å². The van der Waals surface area contributed by atoms with Crippen LogP contribution in [0.5, 0.6) is 0 Å². The fraction of sp³-hybridized carbons (Fsp3) is 0.333. The van der Waals surface area contributed by atoms with Crippen LogP contribution >= 0.6 is 12.2 Å². The van der Waals surface area contributed by atoms with E-state index in [1.165, 1.54) is 36.2 Å².